The van der Waals surface area contributed by atoms with Crippen molar-refractivity contribution in [3.63, 3.8) is 0 Å². The molecule has 1 saturated carbocycles. The molecule has 24 heavy (non-hydrogen) atoms. The summed E-state index contributed by atoms with van der Waals surface area (Å²) in [6, 6.07) is 7.90. The lowest BCUT2D eigenvalue weighted by atomic mass is 9.95. The van der Waals surface area contributed by atoms with Crippen molar-refractivity contribution < 1.29 is 14.1 Å². The van der Waals surface area contributed by atoms with E-state index in [-0.39, 0.29) is 11.8 Å². The number of aromatic nitrogens is 2. The predicted octanol–water partition coefficient (Wildman–Crippen LogP) is 2.20. The molecule has 0 N–H and O–H groups in total. The van der Waals surface area contributed by atoms with Gasteiger partial charge in [0, 0.05) is 25.9 Å². The molecule has 0 radical (unpaired) electrons. The molecule has 6 nitrogen and oxygen atoms in total. The van der Waals surface area contributed by atoms with Crippen molar-refractivity contribution in [2.45, 2.75) is 31.6 Å². The van der Waals surface area contributed by atoms with E-state index in [1.807, 2.05) is 31.3 Å². The van der Waals surface area contributed by atoms with Gasteiger partial charge in [0.05, 0.1) is 5.92 Å². The molecule has 1 aromatic heterocycles. The normalized spacial score (nSPS) is 19.5. The molecule has 6 heteroatoms. The molecular weight excluding hydrogens is 306 g/mol. The Morgan fingerprint density at radius 1 is 1.33 bits per heavy atom. The van der Waals surface area contributed by atoms with E-state index in [9.17, 15) is 4.79 Å². The van der Waals surface area contributed by atoms with E-state index in [4.69, 9.17) is 9.26 Å². The van der Waals surface area contributed by atoms with Gasteiger partial charge in [-0.2, -0.15) is 4.98 Å². The standard InChI is InChI=1S/C18H21N3O3/c1-21(9-8-16-19-17(24-20-16)12-6-7-12)18(22)14-10-13-4-2-3-5-15(13)23-11-14/h2-5,12,14H,6-11H2,1H3/t14-/m1/s1. The van der Waals surface area contributed by atoms with Crippen LogP contribution in [0.1, 0.15) is 36.0 Å². The molecule has 2 heterocycles. The molecule has 2 aliphatic rings. The highest BCUT2D eigenvalue weighted by Crippen LogP contribution is 2.38. The zero-order valence-corrected chi connectivity index (χ0v) is 13.8. The third-order valence-electron chi connectivity index (χ3n) is 4.69. The van der Waals surface area contributed by atoms with Crippen molar-refractivity contribution >= 4 is 5.91 Å². The van der Waals surface area contributed by atoms with Crippen molar-refractivity contribution in [2.75, 3.05) is 20.2 Å². The number of hydrogen-bond acceptors (Lipinski definition) is 5. The largest absolute Gasteiger partial charge is 0.492 e. The number of benzene rings is 1. The number of carbonyl (C=O) groups is 1. The van der Waals surface area contributed by atoms with E-state index < -0.39 is 0 Å². The summed E-state index contributed by atoms with van der Waals surface area (Å²) in [6.45, 7) is 1.02. The van der Waals surface area contributed by atoms with Gasteiger partial charge in [-0.15, -0.1) is 0 Å². The number of rotatable bonds is 5. The maximum Gasteiger partial charge on any atom is 0.229 e. The number of hydrogen-bond donors (Lipinski definition) is 0. The van der Waals surface area contributed by atoms with Crippen molar-refractivity contribution in [1.82, 2.24) is 15.0 Å². The molecule has 2 aromatic rings. The van der Waals surface area contributed by atoms with Crippen LogP contribution in [0.3, 0.4) is 0 Å². The van der Waals surface area contributed by atoms with Gasteiger partial charge in [-0.1, -0.05) is 23.4 Å². The van der Waals surface area contributed by atoms with E-state index in [1.54, 1.807) is 4.90 Å². The number of fused-ring (bicyclic) bond motifs is 1. The van der Waals surface area contributed by atoms with E-state index in [2.05, 4.69) is 10.1 Å². The minimum absolute atomic E-state index is 0.107. The predicted molar refractivity (Wildman–Crippen MR) is 86.7 cm³/mol. The molecular formula is C18H21N3O3. The van der Waals surface area contributed by atoms with Gasteiger partial charge in [-0.05, 0) is 30.9 Å². The lowest BCUT2D eigenvalue weighted by molar-refractivity contribution is -0.135. The van der Waals surface area contributed by atoms with Crippen molar-refractivity contribution in [2.24, 2.45) is 5.92 Å². The molecule has 4 rings (SSSR count). The summed E-state index contributed by atoms with van der Waals surface area (Å²) in [6.07, 6.45) is 3.63. The molecule has 1 fully saturated rings. The van der Waals surface area contributed by atoms with Gasteiger partial charge >= 0.3 is 0 Å². The zero-order chi connectivity index (χ0) is 16.5. The van der Waals surface area contributed by atoms with Crippen LogP contribution >= 0.6 is 0 Å². The van der Waals surface area contributed by atoms with Gasteiger partial charge in [0.1, 0.15) is 12.4 Å². The lowest BCUT2D eigenvalue weighted by Gasteiger charge is -2.28. The second-order valence-electron chi connectivity index (χ2n) is 6.65. The fraction of sp³-hybridized carbons (Fsp3) is 0.500. The molecule has 1 amide bonds. The van der Waals surface area contributed by atoms with Crippen LogP contribution in [0.2, 0.25) is 0 Å². The van der Waals surface area contributed by atoms with Crippen LogP contribution in [0, 0.1) is 5.92 Å². The average Bonchev–Trinajstić information content (AvgIpc) is 3.37. The van der Waals surface area contributed by atoms with Gasteiger partial charge in [-0.25, -0.2) is 0 Å². The highest BCUT2D eigenvalue weighted by Gasteiger charge is 2.30. The third kappa shape index (κ3) is 3.13. The number of ether oxygens (including phenoxy) is 1. The van der Waals surface area contributed by atoms with E-state index in [0.717, 1.165) is 36.5 Å². The van der Waals surface area contributed by atoms with Crippen LogP contribution in [0.4, 0.5) is 0 Å². The Kier molecular flexibility index (Phi) is 3.96. The first-order chi connectivity index (χ1) is 11.7. The third-order valence-corrected chi connectivity index (χ3v) is 4.69. The summed E-state index contributed by atoms with van der Waals surface area (Å²) in [5.41, 5.74) is 1.10. The maximum atomic E-state index is 12.6. The Bertz CT molecular complexity index is 739. The van der Waals surface area contributed by atoms with Crippen LogP contribution in [0.5, 0.6) is 5.75 Å². The van der Waals surface area contributed by atoms with Crippen LogP contribution in [-0.4, -0.2) is 41.1 Å². The molecule has 0 saturated heterocycles. The molecule has 0 spiro atoms. The summed E-state index contributed by atoms with van der Waals surface area (Å²) in [5.74, 6) is 2.76. The van der Waals surface area contributed by atoms with E-state index >= 15 is 0 Å². The van der Waals surface area contributed by atoms with Crippen molar-refractivity contribution in [3.05, 3.63) is 41.5 Å². The second-order valence-corrected chi connectivity index (χ2v) is 6.65. The minimum Gasteiger partial charge on any atom is -0.492 e. The molecule has 0 unspecified atom stereocenters. The quantitative estimate of drug-likeness (QED) is 0.842. The fourth-order valence-electron chi connectivity index (χ4n) is 3.04. The first-order valence-corrected chi connectivity index (χ1v) is 8.49. The molecule has 1 aliphatic carbocycles. The topological polar surface area (TPSA) is 68.5 Å². The number of para-hydroxylation sites is 1. The van der Waals surface area contributed by atoms with Crippen molar-refractivity contribution in [3.8, 4) is 5.75 Å². The Labute approximate surface area is 140 Å². The zero-order valence-electron chi connectivity index (χ0n) is 13.8. The highest BCUT2D eigenvalue weighted by molar-refractivity contribution is 5.79. The maximum absolute atomic E-state index is 12.6. The van der Waals surface area contributed by atoms with Crippen LogP contribution in [0.15, 0.2) is 28.8 Å². The van der Waals surface area contributed by atoms with E-state index in [0.29, 0.717) is 31.3 Å². The molecule has 1 atom stereocenters. The Balaban J connectivity index is 1.32. The number of likely N-dealkylation sites (N-methyl/N-ethyl adjacent to an activating group) is 1. The first-order valence-electron chi connectivity index (χ1n) is 8.49. The second kappa shape index (κ2) is 6.26. The summed E-state index contributed by atoms with van der Waals surface area (Å²) in [7, 11) is 1.82. The van der Waals surface area contributed by atoms with E-state index in [1.165, 1.54) is 0 Å². The molecule has 126 valence electrons. The number of nitrogens with zero attached hydrogens (tertiary/aromatic N) is 3. The summed E-state index contributed by atoms with van der Waals surface area (Å²) in [5, 5.41) is 4.00. The molecule has 1 aliphatic heterocycles. The summed E-state index contributed by atoms with van der Waals surface area (Å²) >= 11 is 0. The van der Waals surface area contributed by atoms with Crippen LogP contribution in [-0.2, 0) is 17.6 Å². The summed E-state index contributed by atoms with van der Waals surface area (Å²) in [4.78, 5) is 18.8. The number of carbonyl (C=O) groups excluding carboxylic acids is 1. The Hall–Kier alpha value is -2.37. The molecule has 0 bridgehead atoms. The Morgan fingerprint density at radius 2 is 2.17 bits per heavy atom. The lowest BCUT2D eigenvalue weighted by Crippen LogP contribution is -2.39. The average molecular weight is 327 g/mol. The molecule has 1 aromatic carbocycles. The van der Waals surface area contributed by atoms with Gasteiger partial charge in [-0.3, -0.25) is 4.79 Å². The monoisotopic (exact) mass is 327 g/mol. The minimum atomic E-state index is -0.128. The highest BCUT2D eigenvalue weighted by atomic mass is 16.5. The van der Waals surface area contributed by atoms with Crippen LogP contribution in [0.25, 0.3) is 0 Å². The summed E-state index contributed by atoms with van der Waals surface area (Å²) < 4.78 is 11.0. The Morgan fingerprint density at radius 3 is 3.00 bits per heavy atom. The fourth-order valence-corrected chi connectivity index (χ4v) is 3.04. The van der Waals surface area contributed by atoms with Gasteiger partial charge < -0.3 is 14.2 Å². The van der Waals surface area contributed by atoms with Gasteiger partial charge in [0.15, 0.2) is 5.82 Å². The van der Waals surface area contributed by atoms with Crippen LogP contribution < -0.4 is 4.74 Å². The van der Waals surface area contributed by atoms with Crippen molar-refractivity contribution in [1.29, 1.82) is 0 Å². The van der Waals surface area contributed by atoms with Gasteiger partial charge in [0.25, 0.3) is 0 Å². The number of amides is 1. The first kappa shape index (κ1) is 15.2. The van der Waals surface area contributed by atoms with Gasteiger partial charge in [0.2, 0.25) is 11.8 Å². The SMILES string of the molecule is CN(CCc1noc(C2CC2)n1)C(=O)[C@H]1COc2ccccc2C1. The smallest absolute Gasteiger partial charge is 0.229 e.